The Morgan fingerprint density at radius 3 is 2.75 bits per heavy atom. The maximum Gasteiger partial charge on any atom is 0.266 e. The SMILES string of the molecule is COCCN1CCN(c2ccc(C=Cc3n[nH]c4ccccc34)c(NC(=O)c3sccc3C)c2)CC1. The van der Waals surface area contributed by atoms with Crippen molar-refractivity contribution in [2.24, 2.45) is 0 Å². The van der Waals surface area contributed by atoms with Crippen molar-refractivity contribution >= 4 is 51.7 Å². The molecule has 1 aliphatic heterocycles. The summed E-state index contributed by atoms with van der Waals surface area (Å²) in [7, 11) is 1.74. The van der Waals surface area contributed by atoms with E-state index < -0.39 is 0 Å². The number of aromatic nitrogens is 2. The predicted molar refractivity (Wildman–Crippen MR) is 149 cm³/mol. The molecule has 1 aliphatic rings. The summed E-state index contributed by atoms with van der Waals surface area (Å²) >= 11 is 1.46. The number of nitrogens with zero attached hydrogens (tertiary/aromatic N) is 3. The lowest BCUT2D eigenvalue weighted by Crippen LogP contribution is -2.47. The zero-order chi connectivity index (χ0) is 24.9. The van der Waals surface area contributed by atoms with Crippen LogP contribution < -0.4 is 10.2 Å². The average Bonchev–Trinajstić information content (AvgIpc) is 3.53. The van der Waals surface area contributed by atoms with Crippen LogP contribution in [0.25, 0.3) is 23.1 Å². The highest BCUT2D eigenvalue weighted by atomic mass is 32.1. The number of benzene rings is 2. The van der Waals surface area contributed by atoms with Gasteiger partial charge in [-0.3, -0.25) is 14.8 Å². The molecule has 2 N–H and O–H groups in total. The number of piperazine rings is 1. The third-order valence-electron chi connectivity index (χ3n) is 6.62. The first kappa shape index (κ1) is 24.2. The minimum atomic E-state index is -0.0797. The molecule has 0 bridgehead atoms. The van der Waals surface area contributed by atoms with Crippen molar-refractivity contribution in [3.8, 4) is 0 Å². The number of hydrogen-bond donors (Lipinski definition) is 2. The zero-order valence-corrected chi connectivity index (χ0v) is 21.5. The summed E-state index contributed by atoms with van der Waals surface area (Å²) < 4.78 is 5.23. The topological polar surface area (TPSA) is 73.5 Å². The molecular formula is C28H31N5O2S. The Labute approximate surface area is 215 Å². The van der Waals surface area contributed by atoms with Crippen LogP contribution in [0.2, 0.25) is 0 Å². The number of carbonyl (C=O) groups is 1. The van der Waals surface area contributed by atoms with E-state index in [0.29, 0.717) is 0 Å². The molecule has 1 amide bonds. The highest BCUT2D eigenvalue weighted by Gasteiger charge is 2.19. The third kappa shape index (κ3) is 5.36. The molecule has 0 atom stereocenters. The standard InChI is InChI=1S/C28H31N5O2S/c1-20-11-18-36-27(20)28(34)29-26-19-22(33-14-12-32(13-15-33)16-17-35-2)9-7-21(26)8-10-25-23-5-3-4-6-24(23)30-31-25/h3-11,18-19H,12-17H2,1-2H3,(H,29,34)(H,30,31). The summed E-state index contributed by atoms with van der Waals surface area (Å²) in [6.45, 7) is 7.54. The maximum atomic E-state index is 13.1. The molecule has 3 heterocycles. The number of nitrogens with one attached hydrogen (secondary N) is 2. The van der Waals surface area contributed by atoms with Gasteiger partial charge in [-0.15, -0.1) is 11.3 Å². The number of hydrogen-bond acceptors (Lipinski definition) is 6. The van der Waals surface area contributed by atoms with E-state index in [1.165, 1.54) is 11.3 Å². The highest BCUT2D eigenvalue weighted by Crippen LogP contribution is 2.28. The van der Waals surface area contributed by atoms with Crippen molar-refractivity contribution in [2.75, 3.05) is 56.7 Å². The number of carbonyl (C=O) groups excluding carboxylic acids is 1. The van der Waals surface area contributed by atoms with Crippen LogP contribution in [-0.2, 0) is 4.74 Å². The molecule has 2 aromatic heterocycles. The lowest BCUT2D eigenvalue weighted by Gasteiger charge is -2.36. The van der Waals surface area contributed by atoms with Gasteiger partial charge >= 0.3 is 0 Å². The molecule has 0 aliphatic carbocycles. The van der Waals surface area contributed by atoms with E-state index in [1.54, 1.807) is 7.11 Å². The summed E-state index contributed by atoms with van der Waals surface area (Å²) in [6.07, 6.45) is 4.01. The summed E-state index contributed by atoms with van der Waals surface area (Å²) in [6, 6.07) is 16.3. The Kier molecular flexibility index (Phi) is 7.46. The first-order chi connectivity index (χ1) is 17.6. The molecule has 1 saturated heterocycles. The molecule has 7 nitrogen and oxygen atoms in total. The largest absolute Gasteiger partial charge is 0.383 e. The van der Waals surface area contributed by atoms with Crippen molar-refractivity contribution in [2.45, 2.75) is 6.92 Å². The van der Waals surface area contributed by atoms with Gasteiger partial charge in [-0.2, -0.15) is 5.10 Å². The Bertz CT molecular complexity index is 1370. The van der Waals surface area contributed by atoms with Crippen LogP contribution >= 0.6 is 11.3 Å². The smallest absolute Gasteiger partial charge is 0.266 e. The molecule has 186 valence electrons. The molecule has 1 fully saturated rings. The van der Waals surface area contributed by atoms with E-state index in [1.807, 2.05) is 48.7 Å². The van der Waals surface area contributed by atoms with Crippen LogP contribution in [0, 0.1) is 6.92 Å². The molecular weight excluding hydrogens is 470 g/mol. The summed E-state index contributed by atoms with van der Waals surface area (Å²) in [5.41, 5.74) is 5.70. The number of fused-ring (bicyclic) bond motifs is 1. The minimum absolute atomic E-state index is 0.0797. The number of thiophene rings is 1. The fourth-order valence-electron chi connectivity index (χ4n) is 4.51. The molecule has 2 aromatic carbocycles. The highest BCUT2D eigenvalue weighted by molar-refractivity contribution is 7.12. The van der Waals surface area contributed by atoms with Gasteiger partial charge in [0.15, 0.2) is 0 Å². The van der Waals surface area contributed by atoms with E-state index in [-0.39, 0.29) is 5.91 Å². The predicted octanol–water partition coefficient (Wildman–Crippen LogP) is 5.12. The number of amides is 1. The summed E-state index contributed by atoms with van der Waals surface area (Å²) in [5.74, 6) is -0.0797. The van der Waals surface area contributed by atoms with Crippen LogP contribution in [-0.4, -0.2) is 67.4 Å². The van der Waals surface area contributed by atoms with Crippen molar-refractivity contribution in [3.05, 3.63) is 75.6 Å². The number of ether oxygens (including phenoxy) is 1. The van der Waals surface area contributed by atoms with Crippen molar-refractivity contribution in [3.63, 3.8) is 0 Å². The Balaban J connectivity index is 1.41. The van der Waals surface area contributed by atoms with Crippen LogP contribution in [0.1, 0.15) is 26.5 Å². The maximum absolute atomic E-state index is 13.1. The number of methoxy groups -OCH3 is 1. The van der Waals surface area contributed by atoms with Gasteiger partial charge in [0.25, 0.3) is 5.91 Å². The van der Waals surface area contributed by atoms with Crippen molar-refractivity contribution < 1.29 is 9.53 Å². The molecule has 0 spiro atoms. The number of aryl methyl sites for hydroxylation is 1. The molecule has 36 heavy (non-hydrogen) atoms. The third-order valence-corrected chi connectivity index (χ3v) is 7.64. The van der Waals surface area contributed by atoms with Crippen LogP contribution in [0.5, 0.6) is 0 Å². The van der Waals surface area contributed by atoms with Crippen LogP contribution in [0.4, 0.5) is 11.4 Å². The lowest BCUT2D eigenvalue weighted by atomic mass is 10.1. The molecule has 0 saturated carbocycles. The van der Waals surface area contributed by atoms with Gasteiger partial charge in [0.2, 0.25) is 0 Å². The number of para-hydroxylation sites is 1. The van der Waals surface area contributed by atoms with Gasteiger partial charge in [-0.25, -0.2) is 0 Å². The van der Waals surface area contributed by atoms with Crippen LogP contribution in [0.3, 0.4) is 0 Å². The second-order valence-electron chi connectivity index (χ2n) is 8.97. The molecule has 0 unspecified atom stereocenters. The van der Waals surface area contributed by atoms with E-state index in [2.05, 4.69) is 49.6 Å². The molecule has 0 radical (unpaired) electrons. The van der Waals surface area contributed by atoms with Gasteiger partial charge < -0.3 is 15.0 Å². The van der Waals surface area contributed by atoms with Gasteiger partial charge in [0, 0.05) is 50.9 Å². The monoisotopic (exact) mass is 501 g/mol. The normalized spacial score (nSPS) is 14.7. The van der Waals surface area contributed by atoms with Gasteiger partial charge in [0.05, 0.1) is 28.4 Å². The van der Waals surface area contributed by atoms with Crippen molar-refractivity contribution in [1.29, 1.82) is 0 Å². The van der Waals surface area contributed by atoms with E-state index in [0.717, 1.165) is 83.3 Å². The fraction of sp³-hybridized carbons (Fsp3) is 0.286. The summed E-state index contributed by atoms with van der Waals surface area (Å²) in [5, 5.41) is 13.7. The molecule has 4 aromatic rings. The lowest BCUT2D eigenvalue weighted by molar-refractivity contribution is 0.103. The Morgan fingerprint density at radius 2 is 1.97 bits per heavy atom. The van der Waals surface area contributed by atoms with Gasteiger partial charge in [-0.1, -0.05) is 30.3 Å². The Morgan fingerprint density at radius 1 is 1.14 bits per heavy atom. The van der Waals surface area contributed by atoms with Crippen LogP contribution in [0.15, 0.2) is 53.9 Å². The second-order valence-corrected chi connectivity index (χ2v) is 9.88. The number of H-pyrrole nitrogens is 1. The second kappa shape index (κ2) is 11.1. The number of aromatic amines is 1. The fourth-order valence-corrected chi connectivity index (χ4v) is 5.33. The minimum Gasteiger partial charge on any atom is -0.383 e. The number of rotatable bonds is 8. The quantitative estimate of drug-likeness (QED) is 0.350. The first-order valence-corrected chi connectivity index (χ1v) is 13.1. The van der Waals surface area contributed by atoms with Gasteiger partial charge in [-0.05, 0) is 53.8 Å². The van der Waals surface area contributed by atoms with E-state index in [9.17, 15) is 4.79 Å². The summed E-state index contributed by atoms with van der Waals surface area (Å²) in [4.78, 5) is 18.7. The van der Waals surface area contributed by atoms with Gasteiger partial charge in [0.1, 0.15) is 0 Å². The first-order valence-electron chi connectivity index (χ1n) is 12.2. The van der Waals surface area contributed by atoms with E-state index in [4.69, 9.17) is 4.74 Å². The average molecular weight is 502 g/mol. The zero-order valence-electron chi connectivity index (χ0n) is 20.7. The Hall–Kier alpha value is -3.46. The molecule has 5 rings (SSSR count). The number of anilines is 2. The van der Waals surface area contributed by atoms with E-state index >= 15 is 0 Å². The van der Waals surface area contributed by atoms with Crippen molar-refractivity contribution in [1.82, 2.24) is 15.1 Å². The molecule has 8 heteroatoms.